The topological polar surface area (TPSA) is 54.6 Å². The zero-order chi connectivity index (χ0) is 10.3. The smallest absolute Gasteiger partial charge is 0.354 e. The lowest BCUT2D eigenvalue weighted by Crippen LogP contribution is -2.01. The van der Waals surface area contributed by atoms with E-state index in [1.807, 2.05) is 13.0 Å². The van der Waals surface area contributed by atoms with Gasteiger partial charge >= 0.3 is 5.97 Å². The molecule has 1 N–H and O–H groups in total. The third-order valence-electron chi connectivity index (χ3n) is 2.03. The van der Waals surface area contributed by atoms with Gasteiger partial charge in [0.1, 0.15) is 0 Å². The van der Waals surface area contributed by atoms with E-state index < -0.39 is 5.97 Å². The highest BCUT2D eigenvalue weighted by Gasteiger charge is 2.12. The average Bonchev–Trinajstić information content (AvgIpc) is 2.55. The van der Waals surface area contributed by atoms with Crippen LogP contribution in [0.3, 0.4) is 0 Å². The van der Waals surface area contributed by atoms with Crippen molar-refractivity contribution >= 4 is 27.5 Å². The number of pyridine rings is 1. The Morgan fingerprint density at radius 1 is 1.64 bits per heavy atom. The van der Waals surface area contributed by atoms with E-state index in [1.165, 1.54) is 6.20 Å². The van der Waals surface area contributed by atoms with Gasteiger partial charge in [-0.3, -0.25) is 4.40 Å². The van der Waals surface area contributed by atoms with Crippen molar-refractivity contribution in [1.82, 2.24) is 9.38 Å². The number of fused-ring (bicyclic) bond motifs is 1. The maximum atomic E-state index is 10.8. The molecule has 0 aromatic carbocycles. The van der Waals surface area contributed by atoms with Gasteiger partial charge in [-0.25, -0.2) is 9.78 Å². The van der Waals surface area contributed by atoms with E-state index in [9.17, 15) is 4.79 Å². The molecular weight excluding hydrogens is 248 g/mol. The van der Waals surface area contributed by atoms with Crippen LogP contribution in [-0.4, -0.2) is 20.5 Å². The molecule has 0 atom stereocenters. The van der Waals surface area contributed by atoms with Crippen LogP contribution in [0.2, 0.25) is 0 Å². The zero-order valence-electron chi connectivity index (χ0n) is 7.36. The number of imidazole rings is 1. The number of carboxylic acids is 1. The molecule has 0 saturated carbocycles. The van der Waals surface area contributed by atoms with Crippen molar-refractivity contribution in [3.05, 3.63) is 34.2 Å². The predicted molar refractivity (Wildman–Crippen MR) is 54.6 cm³/mol. The number of halogens is 1. The highest BCUT2D eigenvalue weighted by atomic mass is 79.9. The Balaban J connectivity index is 2.83. The molecule has 2 rings (SSSR count). The number of hydrogen-bond acceptors (Lipinski definition) is 2. The van der Waals surface area contributed by atoms with Gasteiger partial charge in [0.2, 0.25) is 0 Å². The van der Waals surface area contributed by atoms with E-state index in [0.29, 0.717) is 5.65 Å². The van der Waals surface area contributed by atoms with Crippen molar-refractivity contribution in [2.45, 2.75) is 6.92 Å². The fourth-order valence-corrected chi connectivity index (χ4v) is 1.69. The first-order chi connectivity index (χ1) is 6.61. The molecule has 14 heavy (non-hydrogen) atoms. The molecular formula is C9H7BrN2O2. The van der Waals surface area contributed by atoms with Gasteiger partial charge in [-0.05, 0) is 34.5 Å². The molecule has 72 valence electrons. The summed E-state index contributed by atoms with van der Waals surface area (Å²) in [5, 5.41) is 8.86. The van der Waals surface area contributed by atoms with Crippen LogP contribution >= 0.6 is 15.9 Å². The van der Waals surface area contributed by atoms with E-state index in [-0.39, 0.29) is 5.69 Å². The number of hydrogen-bond donors (Lipinski definition) is 1. The molecule has 0 fully saturated rings. The van der Waals surface area contributed by atoms with Crippen LogP contribution in [0, 0.1) is 6.92 Å². The van der Waals surface area contributed by atoms with E-state index in [1.54, 1.807) is 10.6 Å². The highest BCUT2D eigenvalue weighted by Crippen LogP contribution is 2.21. The van der Waals surface area contributed by atoms with E-state index in [2.05, 4.69) is 20.9 Å². The minimum Gasteiger partial charge on any atom is -0.477 e. The summed E-state index contributed by atoms with van der Waals surface area (Å²) in [5.41, 5.74) is 1.82. The first kappa shape index (κ1) is 9.21. The second kappa shape index (κ2) is 3.09. The van der Waals surface area contributed by atoms with Gasteiger partial charge in [0.25, 0.3) is 0 Å². The molecule has 2 aromatic rings. The van der Waals surface area contributed by atoms with Crippen LogP contribution in [-0.2, 0) is 0 Å². The van der Waals surface area contributed by atoms with Crippen LogP contribution in [0.15, 0.2) is 22.9 Å². The van der Waals surface area contributed by atoms with Crippen LogP contribution in [0.5, 0.6) is 0 Å². The van der Waals surface area contributed by atoms with Gasteiger partial charge in [-0.1, -0.05) is 0 Å². The summed E-state index contributed by atoms with van der Waals surface area (Å²) in [4.78, 5) is 14.8. The van der Waals surface area contributed by atoms with Gasteiger partial charge < -0.3 is 5.11 Å². The quantitative estimate of drug-likeness (QED) is 0.848. The third-order valence-corrected chi connectivity index (χ3v) is 3.01. The molecule has 5 heteroatoms. The van der Waals surface area contributed by atoms with Crippen molar-refractivity contribution < 1.29 is 9.90 Å². The molecule has 2 heterocycles. The summed E-state index contributed by atoms with van der Waals surface area (Å²) < 4.78 is 2.37. The maximum Gasteiger partial charge on any atom is 0.354 e. The van der Waals surface area contributed by atoms with E-state index in [4.69, 9.17) is 5.11 Å². The molecule has 0 spiro atoms. The third kappa shape index (κ3) is 1.21. The van der Waals surface area contributed by atoms with Gasteiger partial charge in [-0.15, -0.1) is 0 Å². The average molecular weight is 255 g/mol. The number of rotatable bonds is 1. The number of aryl methyl sites for hydroxylation is 1. The van der Waals surface area contributed by atoms with Crippen LogP contribution in [0.4, 0.5) is 0 Å². The molecule has 0 aliphatic heterocycles. The molecule has 0 unspecified atom stereocenters. The van der Waals surface area contributed by atoms with Crippen molar-refractivity contribution in [2.75, 3.05) is 0 Å². The predicted octanol–water partition coefficient (Wildman–Crippen LogP) is 2.10. The highest BCUT2D eigenvalue weighted by molar-refractivity contribution is 9.10. The molecule has 0 amide bonds. The summed E-state index contributed by atoms with van der Waals surface area (Å²) in [6.45, 7) is 1.93. The van der Waals surface area contributed by atoms with Crippen LogP contribution in [0.1, 0.15) is 16.1 Å². The molecule has 4 nitrogen and oxygen atoms in total. The second-order valence-electron chi connectivity index (χ2n) is 2.95. The fourth-order valence-electron chi connectivity index (χ4n) is 1.27. The normalized spacial score (nSPS) is 10.7. The van der Waals surface area contributed by atoms with Crippen molar-refractivity contribution in [2.24, 2.45) is 0 Å². The Morgan fingerprint density at radius 3 is 3.00 bits per heavy atom. The number of carbonyl (C=O) groups is 1. The monoisotopic (exact) mass is 254 g/mol. The number of aromatic nitrogens is 2. The van der Waals surface area contributed by atoms with Crippen LogP contribution < -0.4 is 0 Å². The Bertz CT molecular complexity index is 519. The summed E-state index contributed by atoms with van der Waals surface area (Å²) in [6, 6.07) is 1.84. The molecule has 0 aliphatic rings. The summed E-state index contributed by atoms with van der Waals surface area (Å²) >= 11 is 3.37. The second-order valence-corrected chi connectivity index (χ2v) is 3.75. The number of aromatic carboxylic acids is 1. The van der Waals surface area contributed by atoms with Gasteiger partial charge in [0.05, 0.1) is 10.7 Å². The van der Waals surface area contributed by atoms with Crippen LogP contribution in [0.25, 0.3) is 5.65 Å². The molecule has 0 bridgehead atoms. The van der Waals surface area contributed by atoms with Gasteiger partial charge in [-0.2, -0.15) is 0 Å². The Hall–Kier alpha value is -1.36. The minimum absolute atomic E-state index is 0.167. The summed E-state index contributed by atoms with van der Waals surface area (Å²) in [6.07, 6.45) is 3.05. The maximum absolute atomic E-state index is 10.8. The molecule has 0 aliphatic carbocycles. The molecule has 0 saturated heterocycles. The summed E-state index contributed by atoms with van der Waals surface area (Å²) in [5.74, 6) is -0.978. The lowest BCUT2D eigenvalue weighted by Gasteiger charge is -2.01. The zero-order valence-corrected chi connectivity index (χ0v) is 8.95. The fraction of sp³-hybridized carbons (Fsp3) is 0.111. The SMILES string of the molecule is Cc1ccn2c(C(=O)O)cnc2c1Br. The molecule has 2 aromatic heterocycles. The van der Waals surface area contributed by atoms with E-state index in [0.717, 1.165) is 10.0 Å². The Kier molecular flexibility index (Phi) is 2.03. The number of carboxylic acid groups (broad SMARTS) is 1. The largest absolute Gasteiger partial charge is 0.477 e. The first-order valence-corrected chi connectivity index (χ1v) is 4.76. The van der Waals surface area contributed by atoms with Gasteiger partial charge in [0, 0.05) is 6.20 Å². The standard InChI is InChI=1S/C9H7BrN2O2/c1-5-2-3-12-6(9(13)14)4-11-8(12)7(5)10/h2-4H,1H3,(H,13,14). The van der Waals surface area contributed by atoms with Crippen molar-refractivity contribution in [1.29, 1.82) is 0 Å². The minimum atomic E-state index is -0.978. The first-order valence-electron chi connectivity index (χ1n) is 3.96. The lowest BCUT2D eigenvalue weighted by atomic mass is 10.3. The molecule has 0 radical (unpaired) electrons. The summed E-state index contributed by atoms with van der Waals surface area (Å²) in [7, 11) is 0. The van der Waals surface area contributed by atoms with E-state index >= 15 is 0 Å². The van der Waals surface area contributed by atoms with Crippen molar-refractivity contribution in [3.63, 3.8) is 0 Å². The van der Waals surface area contributed by atoms with Crippen molar-refractivity contribution in [3.8, 4) is 0 Å². The lowest BCUT2D eigenvalue weighted by molar-refractivity contribution is 0.0689. The number of nitrogens with zero attached hydrogens (tertiary/aromatic N) is 2. The Morgan fingerprint density at radius 2 is 2.36 bits per heavy atom. The Labute approximate surface area is 88.3 Å². The van der Waals surface area contributed by atoms with Gasteiger partial charge in [0.15, 0.2) is 11.3 Å².